The average molecular weight is 264 g/mol. The predicted molar refractivity (Wildman–Crippen MR) is 77.2 cm³/mol. The smallest absolute Gasteiger partial charge is 0.254 e. The minimum absolute atomic E-state index is 0.0793. The summed E-state index contributed by atoms with van der Waals surface area (Å²) in [5.74, 6) is 0.480. The van der Waals surface area contributed by atoms with Crippen LogP contribution in [0.2, 0.25) is 0 Å². The first-order chi connectivity index (χ1) is 8.84. The van der Waals surface area contributed by atoms with Crippen molar-refractivity contribution < 1.29 is 9.90 Å². The quantitative estimate of drug-likeness (QED) is 0.856. The monoisotopic (exact) mass is 264 g/mol. The van der Waals surface area contributed by atoms with Crippen molar-refractivity contribution in [3.8, 4) is 5.75 Å². The van der Waals surface area contributed by atoms with Gasteiger partial charge >= 0.3 is 0 Å². The van der Waals surface area contributed by atoms with Gasteiger partial charge < -0.3 is 15.7 Å². The highest BCUT2D eigenvalue weighted by atomic mass is 16.3. The molecule has 106 valence electrons. The van der Waals surface area contributed by atoms with Crippen molar-refractivity contribution >= 4 is 5.91 Å². The molecule has 0 spiro atoms. The second kappa shape index (κ2) is 6.57. The highest BCUT2D eigenvalue weighted by Crippen LogP contribution is 2.20. The zero-order chi connectivity index (χ0) is 14.6. The highest BCUT2D eigenvalue weighted by Gasteiger charge is 2.17. The van der Waals surface area contributed by atoms with Gasteiger partial charge in [-0.2, -0.15) is 0 Å². The van der Waals surface area contributed by atoms with E-state index in [4.69, 9.17) is 5.73 Å². The van der Waals surface area contributed by atoms with E-state index < -0.39 is 0 Å². The van der Waals surface area contributed by atoms with E-state index >= 15 is 0 Å². The number of phenols is 1. The molecule has 1 rings (SSSR count). The number of hydrogen-bond acceptors (Lipinski definition) is 3. The molecule has 1 aromatic carbocycles. The first-order valence-corrected chi connectivity index (χ1v) is 6.64. The Balaban J connectivity index is 2.69. The zero-order valence-electron chi connectivity index (χ0n) is 12.2. The number of amides is 1. The van der Waals surface area contributed by atoms with Crippen molar-refractivity contribution in [3.05, 3.63) is 29.3 Å². The van der Waals surface area contributed by atoms with E-state index in [2.05, 4.69) is 13.8 Å². The molecule has 1 amide bonds. The van der Waals surface area contributed by atoms with E-state index in [1.165, 1.54) is 0 Å². The maximum atomic E-state index is 12.3. The van der Waals surface area contributed by atoms with Gasteiger partial charge in [-0.05, 0) is 31.4 Å². The Morgan fingerprint density at radius 2 is 2.05 bits per heavy atom. The van der Waals surface area contributed by atoms with Gasteiger partial charge in [0.15, 0.2) is 0 Å². The Hall–Kier alpha value is -1.55. The fourth-order valence-corrected chi connectivity index (χ4v) is 1.84. The van der Waals surface area contributed by atoms with Crippen LogP contribution in [0.4, 0.5) is 0 Å². The molecule has 0 aromatic heterocycles. The summed E-state index contributed by atoms with van der Waals surface area (Å²) in [4.78, 5) is 13.9. The molecule has 0 fully saturated rings. The topological polar surface area (TPSA) is 66.6 Å². The van der Waals surface area contributed by atoms with Gasteiger partial charge in [0.05, 0.1) is 0 Å². The minimum atomic E-state index is -0.0793. The molecule has 0 aliphatic rings. The molecule has 19 heavy (non-hydrogen) atoms. The number of phenolic OH excluding ortho intramolecular Hbond substituents is 1. The van der Waals surface area contributed by atoms with Crippen molar-refractivity contribution in [2.75, 3.05) is 13.6 Å². The maximum Gasteiger partial charge on any atom is 0.254 e. The van der Waals surface area contributed by atoms with Gasteiger partial charge in [0, 0.05) is 30.8 Å². The molecular formula is C15H24N2O2. The van der Waals surface area contributed by atoms with Crippen LogP contribution in [0.25, 0.3) is 0 Å². The molecule has 0 aliphatic carbocycles. The second-order valence-corrected chi connectivity index (χ2v) is 5.37. The second-order valence-electron chi connectivity index (χ2n) is 5.37. The molecule has 1 aromatic rings. The third-order valence-electron chi connectivity index (χ3n) is 3.54. The third kappa shape index (κ3) is 3.96. The Morgan fingerprint density at radius 1 is 1.42 bits per heavy atom. The van der Waals surface area contributed by atoms with E-state index in [0.29, 0.717) is 23.6 Å². The number of rotatable bonds is 5. The fourth-order valence-electron chi connectivity index (χ4n) is 1.84. The molecule has 0 saturated heterocycles. The van der Waals surface area contributed by atoms with Crippen molar-refractivity contribution in [2.45, 2.75) is 33.2 Å². The number of benzene rings is 1. The van der Waals surface area contributed by atoms with E-state index in [1.54, 1.807) is 37.1 Å². The first-order valence-electron chi connectivity index (χ1n) is 6.64. The van der Waals surface area contributed by atoms with E-state index in [1.807, 2.05) is 0 Å². The van der Waals surface area contributed by atoms with Crippen LogP contribution in [-0.2, 0) is 0 Å². The summed E-state index contributed by atoms with van der Waals surface area (Å²) in [6.07, 6.45) is 0.776. The SMILES string of the molecule is Cc1c(O)cccc1C(=O)N(C)CCC(N)C(C)C. The lowest BCUT2D eigenvalue weighted by atomic mass is 10.0. The summed E-state index contributed by atoms with van der Waals surface area (Å²) in [6.45, 7) is 6.52. The van der Waals surface area contributed by atoms with Crippen LogP contribution < -0.4 is 5.73 Å². The lowest BCUT2D eigenvalue weighted by molar-refractivity contribution is 0.0788. The molecule has 1 atom stereocenters. The van der Waals surface area contributed by atoms with Crippen LogP contribution >= 0.6 is 0 Å². The zero-order valence-corrected chi connectivity index (χ0v) is 12.2. The highest BCUT2D eigenvalue weighted by molar-refractivity contribution is 5.96. The number of aromatic hydroxyl groups is 1. The van der Waals surface area contributed by atoms with Gasteiger partial charge in [-0.25, -0.2) is 0 Å². The van der Waals surface area contributed by atoms with Crippen LogP contribution in [0.5, 0.6) is 5.75 Å². The predicted octanol–water partition coefficient (Wildman–Crippen LogP) is 2.15. The molecular weight excluding hydrogens is 240 g/mol. The molecule has 4 nitrogen and oxygen atoms in total. The van der Waals surface area contributed by atoms with E-state index in [-0.39, 0.29) is 17.7 Å². The average Bonchev–Trinajstić information content (AvgIpc) is 2.37. The minimum Gasteiger partial charge on any atom is -0.508 e. The fraction of sp³-hybridized carbons (Fsp3) is 0.533. The number of hydrogen-bond donors (Lipinski definition) is 2. The van der Waals surface area contributed by atoms with E-state index in [0.717, 1.165) is 6.42 Å². The van der Waals surface area contributed by atoms with Gasteiger partial charge in [-0.1, -0.05) is 19.9 Å². The van der Waals surface area contributed by atoms with Crippen LogP contribution in [0.3, 0.4) is 0 Å². The van der Waals surface area contributed by atoms with Gasteiger partial charge in [0.2, 0.25) is 0 Å². The Morgan fingerprint density at radius 3 is 2.63 bits per heavy atom. The molecule has 0 saturated carbocycles. The number of nitrogens with zero attached hydrogens (tertiary/aromatic N) is 1. The summed E-state index contributed by atoms with van der Waals surface area (Å²) in [5.41, 5.74) is 7.14. The molecule has 0 aliphatic heterocycles. The normalized spacial score (nSPS) is 12.5. The molecule has 4 heteroatoms. The molecule has 1 unspecified atom stereocenters. The van der Waals surface area contributed by atoms with Crippen LogP contribution in [0.15, 0.2) is 18.2 Å². The van der Waals surface area contributed by atoms with Crippen LogP contribution in [0.1, 0.15) is 36.2 Å². The van der Waals surface area contributed by atoms with Crippen molar-refractivity contribution in [1.29, 1.82) is 0 Å². The van der Waals surface area contributed by atoms with Crippen LogP contribution in [-0.4, -0.2) is 35.5 Å². The largest absolute Gasteiger partial charge is 0.508 e. The van der Waals surface area contributed by atoms with Gasteiger partial charge in [-0.3, -0.25) is 4.79 Å². The Labute approximate surface area is 115 Å². The van der Waals surface area contributed by atoms with Crippen LogP contribution in [0, 0.1) is 12.8 Å². The summed E-state index contributed by atoms with van der Waals surface area (Å²) in [7, 11) is 1.76. The maximum absolute atomic E-state index is 12.3. The molecule has 0 heterocycles. The summed E-state index contributed by atoms with van der Waals surface area (Å²) < 4.78 is 0. The standard InChI is InChI=1S/C15H24N2O2/c1-10(2)13(16)8-9-17(4)15(19)12-6-5-7-14(18)11(12)3/h5-7,10,13,18H,8-9,16H2,1-4H3. The summed E-state index contributed by atoms with van der Waals surface area (Å²) >= 11 is 0. The third-order valence-corrected chi connectivity index (χ3v) is 3.54. The van der Waals surface area contributed by atoms with Crippen molar-refractivity contribution in [1.82, 2.24) is 4.90 Å². The summed E-state index contributed by atoms with van der Waals surface area (Å²) in [5, 5.41) is 9.63. The van der Waals surface area contributed by atoms with Gasteiger partial charge in [0.25, 0.3) is 5.91 Å². The van der Waals surface area contributed by atoms with Crippen molar-refractivity contribution in [3.63, 3.8) is 0 Å². The number of carbonyl (C=O) groups is 1. The first kappa shape index (κ1) is 15.5. The summed E-state index contributed by atoms with van der Waals surface area (Å²) in [6, 6.07) is 5.10. The van der Waals surface area contributed by atoms with E-state index in [9.17, 15) is 9.90 Å². The molecule has 0 radical (unpaired) electrons. The number of carbonyl (C=O) groups excluding carboxylic acids is 1. The molecule has 3 N–H and O–H groups in total. The lowest BCUT2D eigenvalue weighted by Gasteiger charge is -2.22. The Kier molecular flexibility index (Phi) is 5.36. The van der Waals surface area contributed by atoms with Crippen molar-refractivity contribution in [2.24, 2.45) is 11.7 Å². The lowest BCUT2D eigenvalue weighted by Crippen LogP contribution is -2.34. The number of nitrogens with two attached hydrogens (primary N) is 1. The Bertz CT molecular complexity index is 444. The van der Waals surface area contributed by atoms with Gasteiger partial charge in [0.1, 0.15) is 5.75 Å². The van der Waals surface area contributed by atoms with Gasteiger partial charge in [-0.15, -0.1) is 0 Å². The molecule has 0 bridgehead atoms.